The lowest BCUT2D eigenvalue weighted by Crippen LogP contribution is -2.49. The van der Waals surface area contributed by atoms with Crippen molar-refractivity contribution >= 4 is 29.2 Å². The van der Waals surface area contributed by atoms with Crippen molar-refractivity contribution < 1.29 is 23.6 Å². The highest BCUT2D eigenvalue weighted by Crippen LogP contribution is 2.44. The van der Waals surface area contributed by atoms with E-state index in [1.165, 1.54) is 0 Å². The molecule has 4 heterocycles. The van der Waals surface area contributed by atoms with Gasteiger partial charge in [-0.2, -0.15) is 0 Å². The van der Waals surface area contributed by atoms with Crippen LogP contribution in [0.5, 0.6) is 0 Å². The van der Waals surface area contributed by atoms with Gasteiger partial charge in [-0.3, -0.25) is 14.4 Å². The van der Waals surface area contributed by atoms with Crippen LogP contribution in [0.25, 0.3) is 0 Å². The largest absolute Gasteiger partial charge is 0.381 e. The standard InChI is InChI=1S/C25H31N5O5/c1-14-3-5-16(6-4-14)21(29-22(31)19-11-15(2)30-35-19)23(32)28-20-12-18-17(13-26-20)25(24(33)27-18)7-9-34-10-8-25/h11-14,16,21H,3-10H2,1-2H3,(H,27,33)(H,29,31)(H,26,28,32)/t14?,16?,21-/m0/s1. The molecular formula is C25H31N5O5. The molecule has 3 amide bonds. The lowest BCUT2D eigenvalue weighted by Gasteiger charge is -2.32. The highest BCUT2D eigenvalue weighted by molar-refractivity contribution is 6.07. The van der Waals surface area contributed by atoms with Gasteiger partial charge in [0.1, 0.15) is 11.9 Å². The van der Waals surface area contributed by atoms with Crippen molar-refractivity contribution in [3.63, 3.8) is 0 Å². The fraction of sp³-hybridized carbons (Fsp3) is 0.560. The number of ether oxygens (including phenoxy) is 1. The molecule has 0 radical (unpaired) electrons. The molecule has 2 fully saturated rings. The maximum Gasteiger partial charge on any atom is 0.290 e. The average Bonchev–Trinajstić information content (AvgIpc) is 3.39. The second kappa shape index (κ2) is 9.41. The maximum atomic E-state index is 13.4. The summed E-state index contributed by atoms with van der Waals surface area (Å²) in [6.45, 7) is 4.99. The van der Waals surface area contributed by atoms with E-state index in [0.717, 1.165) is 31.2 Å². The van der Waals surface area contributed by atoms with Crippen LogP contribution < -0.4 is 16.0 Å². The number of carbonyl (C=O) groups excluding carboxylic acids is 3. The molecule has 5 rings (SSSR count). The van der Waals surface area contributed by atoms with Gasteiger partial charge in [0, 0.05) is 37.1 Å². The molecule has 2 aromatic heterocycles. The zero-order valence-electron chi connectivity index (χ0n) is 20.1. The lowest BCUT2D eigenvalue weighted by molar-refractivity contribution is -0.124. The Morgan fingerprint density at radius 2 is 1.91 bits per heavy atom. The van der Waals surface area contributed by atoms with E-state index in [2.05, 4.69) is 33.0 Å². The number of hydrogen-bond acceptors (Lipinski definition) is 7. The zero-order valence-corrected chi connectivity index (χ0v) is 20.1. The summed E-state index contributed by atoms with van der Waals surface area (Å²) in [4.78, 5) is 43.5. The van der Waals surface area contributed by atoms with Crippen molar-refractivity contribution in [1.29, 1.82) is 0 Å². The molecule has 186 valence electrons. The van der Waals surface area contributed by atoms with Crippen LogP contribution in [0.1, 0.15) is 67.3 Å². The number of anilines is 2. The third-order valence-electron chi connectivity index (χ3n) is 7.65. The number of hydrogen-bond donors (Lipinski definition) is 3. The Morgan fingerprint density at radius 3 is 2.60 bits per heavy atom. The van der Waals surface area contributed by atoms with Crippen LogP contribution in [0.15, 0.2) is 22.9 Å². The fourth-order valence-corrected chi connectivity index (χ4v) is 5.49. The summed E-state index contributed by atoms with van der Waals surface area (Å²) in [6, 6.07) is 2.49. The number of aryl methyl sites for hydroxylation is 1. The Labute approximate surface area is 203 Å². The predicted molar refractivity (Wildman–Crippen MR) is 127 cm³/mol. The molecule has 1 saturated heterocycles. The van der Waals surface area contributed by atoms with Crippen molar-refractivity contribution in [3.8, 4) is 0 Å². The summed E-state index contributed by atoms with van der Waals surface area (Å²) < 4.78 is 10.5. The fourth-order valence-electron chi connectivity index (χ4n) is 5.49. The number of nitrogens with one attached hydrogen (secondary N) is 3. The Kier molecular flexibility index (Phi) is 6.31. The highest BCUT2D eigenvalue weighted by atomic mass is 16.5. The molecule has 10 heteroatoms. The number of aromatic nitrogens is 2. The Bertz CT molecular complexity index is 1130. The van der Waals surface area contributed by atoms with Gasteiger partial charge < -0.3 is 25.2 Å². The van der Waals surface area contributed by atoms with Crippen molar-refractivity contribution in [2.24, 2.45) is 11.8 Å². The summed E-state index contributed by atoms with van der Waals surface area (Å²) in [5.41, 5.74) is 1.48. The Hall–Kier alpha value is -3.27. The van der Waals surface area contributed by atoms with E-state index in [0.29, 0.717) is 49.2 Å². The summed E-state index contributed by atoms with van der Waals surface area (Å²) in [6.07, 6.45) is 6.56. The number of carbonyl (C=O) groups is 3. The summed E-state index contributed by atoms with van der Waals surface area (Å²) in [7, 11) is 0. The van der Waals surface area contributed by atoms with Crippen LogP contribution in [0.2, 0.25) is 0 Å². The van der Waals surface area contributed by atoms with Crippen LogP contribution in [0.4, 0.5) is 11.5 Å². The number of rotatable bonds is 5. The van der Waals surface area contributed by atoms with E-state index in [1.807, 2.05) is 0 Å². The van der Waals surface area contributed by atoms with Crippen LogP contribution in [-0.2, 0) is 19.7 Å². The normalized spacial score (nSPS) is 23.9. The molecule has 3 N–H and O–H groups in total. The van der Waals surface area contributed by atoms with E-state index < -0.39 is 17.4 Å². The van der Waals surface area contributed by atoms with E-state index in [-0.39, 0.29) is 23.5 Å². The van der Waals surface area contributed by atoms with Gasteiger partial charge in [-0.25, -0.2) is 4.98 Å². The summed E-state index contributed by atoms with van der Waals surface area (Å²) >= 11 is 0. The molecule has 0 bridgehead atoms. The minimum atomic E-state index is -0.744. The van der Waals surface area contributed by atoms with Crippen LogP contribution in [-0.4, -0.2) is 47.1 Å². The first-order valence-electron chi connectivity index (χ1n) is 12.3. The first kappa shape index (κ1) is 23.5. The first-order chi connectivity index (χ1) is 16.9. The van der Waals surface area contributed by atoms with Crippen LogP contribution in [0, 0.1) is 18.8 Å². The average molecular weight is 482 g/mol. The van der Waals surface area contributed by atoms with Crippen molar-refractivity contribution in [1.82, 2.24) is 15.5 Å². The van der Waals surface area contributed by atoms with Crippen LogP contribution >= 0.6 is 0 Å². The zero-order chi connectivity index (χ0) is 24.6. The minimum Gasteiger partial charge on any atom is -0.381 e. The van der Waals surface area contributed by atoms with Crippen molar-refractivity contribution in [2.75, 3.05) is 23.8 Å². The maximum absolute atomic E-state index is 13.4. The number of nitrogens with zero attached hydrogens (tertiary/aromatic N) is 2. The second-order valence-corrected chi connectivity index (χ2v) is 10.1. The van der Waals surface area contributed by atoms with Gasteiger partial charge in [-0.15, -0.1) is 0 Å². The van der Waals surface area contributed by atoms with Gasteiger partial charge in [0.05, 0.1) is 16.8 Å². The monoisotopic (exact) mass is 481 g/mol. The molecule has 0 unspecified atom stereocenters. The van der Waals surface area contributed by atoms with E-state index in [9.17, 15) is 14.4 Å². The molecule has 1 atom stereocenters. The molecule has 1 aliphatic carbocycles. The summed E-state index contributed by atoms with van der Waals surface area (Å²) in [5.74, 6) is 0.138. The SMILES string of the molecule is Cc1cc(C(=O)N[C@H](C(=O)Nc2cc3c(cn2)C2(CCOCC2)C(=O)N3)C2CCC(C)CC2)on1. The molecular weight excluding hydrogens is 450 g/mol. The van der Waals surface area contributed by atoms with E-state index in [4.69, 9.17) is 9.26 Å². The highest BCUT2D eigenvalue weighted by Gasteiger charge is 2.48. The number of amides is 3. The second-order valence-electron chi connectivity index (χ2n) is 10.1. The van der Waals surface area contributed by atoms with E-state index >= 15 is 0 Å². The Morgan fingerprint density at radius 1 is 1.17 bits per heavy atom. The van der Waals surface area contributed by atoms with Gasteiger partial charge in [-0.1, -0.05) is 24.9 Å². The van der Waals surface area contributed by atoms with Crippen molar-refractivity contribution in [3.05, 3.63) is 35.3 Å². The first-order valence-corrected chi connectivity index (χ1v) is 12.3. The van der Waals surface area contributed by atoms with E-state index in [1.54, 1.807) is 25.3 Å². The molecule has 2 aliphatic heterocycles. The quantitative estimate of drug-likeness (QED) is 0.597. The number of pyridine rings is 1. The molecule has 1 saturated carbocycles. The lowest BCUT2D eigenvalue weighted by atomic mass is 9.76. The van der Waals surface area contributed by atoms with Crippen LogP contribution in [0.3, 0.4) is 0 Å². The Balaban J connectivity index is 1.34. The van der Waals surface area contributed by atoms with Gasteiger partial charge in [0.15, 0.2) is 0 Å². The van der Waals surface area contributed by atoms with Gasteiger partial charge in [0.2, 0.25) is 17.6 Å². The van der Waals surface area contributed by atoms with Gasteiger partial charge >= 0.3 is 0 Å². The van der Waals surface area contributed by atoms with Crippen molar-refractivity contribution in [2.45, 2.75) is 63.8 Å². The number of fused-ring (bicyclic) bond motifs is 2. The molecule has 3 aliphatic rings. The molecule has 35 heavy (non-hydrogen) atoms. The molecule has 2 aromatic rings. The third kappa shape index (κ3) is 4.54. The topological polar surface area (TPSA) is 135 Å². The van der Waals surface area contributed by atoms with Gasteiger partial charge in [-0.05, 0) is 44.4 Å². The molecule has 1 spiro atoms. The summed E-state index contributed by atoms with van der Waals surface area (Å²) in [5, 5.41) is 12.4. The smallest absolute Gasteiger partial charge is 0.290 e. The van der Waals surface area contributed by atoms with Gasteiger partial charge in [0.25, 0.3) is 5.91 Å². The predicted octanol–water partition coefficient (Wildman–Crippen LogP) is 2.94. The third-order valence-corrected chi connectivity index (χ3v) is 7.65. The molecule has 10 nitrogen and oxygen atoms in total. The molecule has 0 aromatic carbocycles. The minimum absolute atomic E-state index is 0.00111.